The van der Waals surface area contributed by atoms with E-state index in [1.165, 1.54) is 6.26 Å². The van der Waals surface area contributed by atoms with Crippen LogP contribution in [-0.4, -0.2) is 48.2 Å². The van der Waals surface area contributed by atoms with Gasteiger partial charge in [0.2, 0.25) is 5.91 Å². The van der Waals surface area contributed by atoms with Gasteiger partial charge in [-0.2, -0.15) is 0 Å². The van der Waals surface area contributed by atoms with Gasteiger partial charge in [-0.15, -0.1) is 5.10 Å². The topological polar surface area (TPSA) is 93.4 Å². The number of likely N-dealkylation sites (tertiary alicyclic amines) is 1. The number of nitrogens with zero attached hydrogens (tertiary/aromatic N) is 3. The summed E-state index contributed by atoms with van der Waals surface area (Å²) >= 11 is 0.905. The molecular formula is C16H21N3O4S2. The van der Waals surface area contributed by atoms with E-state index >= 15 is 0 Å². The molecule has 25 heavy (non-hydrogen) atoms. The number of aryl methyl sites for hydroxylation is 2. The minimum atomic E-state index is -3.34. The van der Waals surface area contributed by atoms with E-state index in [4.69, 9.17) is 4.42 Å². The summed E-state index contributed by atoms with van der Waals surface area (Å²) in [5, 5.41) is 4.03. The van der Waals surface area contributed by atoms with Crippen molar-refractivity contribution in [2.45, 2.75) is 42.7 Å². The van der Waals surface area contributed by atoms with Gasteiger partial charge in [0.05, 0.1) is 5.69 Å². The van der Waals surface area contributed by atoms with Crippen molar-refractivity contribution in [1.82, 2.24) is 14.5 Å². The van der Waals surface area contributed by atoms with Crippen LogP contribution in [0.2, 0.25) is 0 Å². The first kappa shape index (κ1) is 18.1. The van der Waals surface area contributed by atoms with Crippen LogP contribution < -0.4 is 0 Å². The molecule has 1 atom stereocenters. The number of rotatable bonds is 5. The summed E-state index contributed by atoms with van der Waals surface area (Å²) in [7, 11) is -3.34. The summed E-state index contributed by atoms with van der Waals surface area (Å²) in [5.41, 5.74) is 0.506. The molecule has 0 aliphatic carbocycles. The fraction of sp³-hybridized carbons (Fsp3) is 0.562. The fourth-order valence-electron chi connectivity index (χ4n) is 3.13. The van der Waals surface area contributed by atoms with Gasteiger partial charge in [0.15, 0.2) is 14.0 Å². The van der Waals surface area contributed by atoms with Crippen molar-refractivity contribution in [2.75, 3.05) is 19.3 Å². The van der Waals surface area contributed by atoms with Gasteiger partial charge in [0, 0.05) is 49.6 Å². The van der Waals surface area contributed by atoms with Crippen molar-refractivity contribution in [3.63, 3.8) is 0 Å². The molecular weight excluding hydrogens is 362 g/mol. The van der Waals surface area contributed by atoms with Crippen molar-refractivity contribution >= 4 is 27.3 Å². The third-order valence-corrected chi connectivity index (χ3v) is 6.91. The number of carbonyl (C=O) groups excluding carboxylic acids is 1. The van der Waals surface area contributed by atoms with Gasteiger partial charge in [-0.05, 0) is 31.9 Å². The van der Waals surface area contributed by atoms with Crippen LogP contribution in [0.15, 0.2) is 20.8 Å². The molecule has 1 amide bonds. The third-order valence-electron chi connectivity index (χ3n) is 4.36. The van der Waals surface area contributed by atoms with Crippen molar-refractivity contribution in [3.8, 4) is 0 Å². The second-order valence-corrected chi connectivity index (χ2v) is 9.37. The summed E-state index contributed by atoms with van der Waals surface area (Å²) in [6.45, 7) is 3.06. The molecule has 1 saturated heterocycles. The molecule has 0 bridgehead atoms. The first-order valence-electron chi connectivity index (χ1n) is 8.20. The summed E-state index contributed by atoms with van der Waals surface area (Å²) < 4.78 is 33.3. The molecule has 7 nitrogen and oxygen atoms in total. The number of piperidine rings is 1. The Labute approximate surface area is 151 Å². The Kier molecular flexibility index (Phi) is 5.24. The van der Waals surface area contributed by atoms with E-state index in [2.05, 4.69) is 9.59 Å². The quantitative estimate of drug-likeness (QED) is 0.786. The molecule has 0 spiro atoms. The van der Waals surface area contributed by atoms with E-state index in [9.17, 15) is 13.2 Å². The lowest BCUT2D eigenvalue weighted by Gasteiger charge is -2.32. The molecule has 0 N–H and O–H groups in total. The molecule has 0 saturated carbocycles. The lowest BCUT2D eigenvalue weighted by atomic mass is 9.95. The average molecular weight is 383 g/mol. The molecule has 3 heterocycles. The number of hydrogen-bond acceptors (Lipinski definition) is 7. The number of amides is 1. The van der Waals surface area contributed by atoms with Gasteiger partial charge < -0.3 is 9.32 Å². The van der Waals surface area contributed by atoms with E-state index in [0.29, 0.717) is 31.6 Å². The molecule has 1 fully saturated rings. The lowest BCUT2D eigenvalue weighted by Crippen LogP contribution is -2.39. The summed E-state index contributed by atoms with van der Waals surface area (Å²) in [4.78, 5) is 14.3. The highest BCUT2D eigenvalue weighted by Gasteiger charge is 2.31. The van der Waals surface area contributed by atoms with Gasteiger partial charge in [0.25, 0.3) is 0 Å². The van der Waals surface area contributed by atoms with Crippen LogP contribution in [-0.2, 0) is 21.1 Å². The van der Waals surface area contributed by atoms with Crippen molar-refractivity contribution in [2.24, 2.45) is 0 Å². The molecule has 1 aliphatic heterocycles. The van der Waals surface area contributed by atoms with Crippen LogP contribution in [0.1, 0.15) is 42.4 Å². The highest BCUT2D eigenvalue weighted by atomic mass is 32.2. The molecule has 9 heteroatoms. The Hall–Kier alpha value is -1.74. The molecule has 2 aromatic rings. The van der Waals surface area contributed by atoms with E-state index in [1.807, 2.05) is 19.1 Å². The molecule has 0 aromatic carbocycles. The van der Waals surface area contributed by atoms with Crippen molar-refractivity contribution in [3.05, 3.63) is 29.3 Å². The average Bonchev–Trinajstić information content (AvgIpc) is 3.21. The Morgan fingerprint density at radius 2 is 2.24 bits per heavy atom. The molecule has 1 unspecified atom stereocenters. The third kappa shape index (κ3) is 4.27. The maximum Gasteiger partial charge on any atom is 0.223 e. The highest BCUT2D eigenvalue weighted by Crippen LogP contribution is 2.32. The standard InChI is InChI=1S/C16H21N3O4S2/c1-11-5-6-13(23-11)7-8-14(20)19-9-3-4-12(10-19)15-16(24-18-17-15)25(2,21)22/h5-6,12H,3-4,7-10H2,1-2H3. The summed E-state index contributed by atoms with van der Waals surface area (Å²) in [6.07, 6.45) is 3.77. The SMILES string of the molecule is Cc1ccc(CCC(=O)N2CCCC(c3nnsc3S(C)(=O)=O)C2)o1. The minimum absolute atomic E-state index is 0.0582. The Bertz CT molecular complexity index is 856. The molecule has 2 aromatic heterocycles. The van der Waals surface area contributed by atoms with Gasteiger partial charge in [-0.25, -0.2) is 8.42 Å². The van der Waals surface area contributed by atoms with Gasteiger partial charge in [-0.3, -0.25) is 4.79 Å². The lowest BCUT2D eigenvalue weighted by molar-refractivity contribution is -0.132. The van der Waals surface area contributed by atoms with Gasteiger partial charge in [0.1, 0.15) is 11.5 Å². The molecule has 1 aliphatic rings. The van der Waals surface area contributed by atoms with Crippen LogP contribution in [0.25, 0.3) is 0 Å². The first-order valence-corrected chi connectivity index (χ1v) is 10.9. The van der Waals surface area contributed by atoms with Crippen molar-refractivity contribution < 1.29 is 17.6 Å². The second kappa shape index (κ2) is 7.25. The number of aromatic nitrogens is 2. The Morgan fingerprint density at radius 1 is 1.44 bits per heavy atom. The minimum Gasteiger partial charge on any atom is -0.466 e. The van der Waals surface area contributed by atoms with Crippen LogP contribution >= 0.6 is 11.5 Å². The van der Waals surface area contributed by atoms with Crippen LogP contribution in [0, 0.1) is 6.92 Å². The number of hydrogen-bond donors (Lipinski definition) is 0. The Morgan fingerprint density at radius 3 is 2.92 bits per heavy atom. The second-order valence-electron chi connectivity index (χ2n) is 6.41. The summed E-state index contributed by atoms with van der Waals surface area (Å²) in [5.74, 6) is 1.63. The van der Waals surface area contributed by atoms with Crippen LogP contribution in [0.3, 0.4) is 0 Å². The van der Waals surface area contributed by atoms with E-state index in [1.54, 1.807) is 4.90 Å². The summed E-state index contributed by atoms with van der Waals surface area (Å²) in [6, 6.07) is 3.78. The molecule has 3 rings (SSSR count). The van der Waals surface area contributed by atoms with Gasteiger partial charge >= 0.3 is 0 Å². The first-order chi connectivity index (χ1) is 11.8. The molecule has 136 valence electrons. The molecule has 0 radical (unpaired) electrons. The van der Waals surface area contributed by atoms with E-state index in [0.717, 1.165) is 35.9 Å². The fourth-order valence-corrected chi connectivity index (χ4v) is 4.86. The van der Waals surface area contributed by atoms with E-state index < -0.39 is 9.84 Å². The zero-order valence-corrected chi connectivity index (χ0v) is 15.9. The van der Waals surface area contributed by atoms with Crippen LogP contribution in [0.5, 0.6) is 0 Å². The monoisotopic (exact) mass is 383 g/mol. The maximum atomic E-state index is 12.5. The number of sulfone groups is 1. The smallest absolute Gasteiger partial charge is 0.223 e. The predicted octanol–water partition coefficient (Wildman–Crippen LogP) is 2.18. The number of carbonyl (C=O) groups is 1. The van der Waals surface area contributed by atoms with Crippen molar-refractivity contribution in [1.29, 1.82) is 0 Å². The highest BCUT2D eigenvalue weighted by molar-refractivity contribution is 7.92. The normalized spacial score (nSPS) is 18.5. The maximum absolute atomic E-state index is 12.5. The Balaban J connectivity index is 1.65. The van der Waals surface area contributed by atoms with Gasteiger partial charge in [-0.1, -0.05) is 4.49 Å². The van der Waals surface area contributed by atoms with E-state index in [-0.39, 0.29) is 16.0 Å². The number of furan rings is 1. The zero-order valence-electron chi connectivity index (χ0n) is 14.3. The van der Waals surface area contributed by atoms with Crippen LogP contribution in [0.4, 0.5) is 0 Å². The predicted molar refractivity (Wildman–Crippen MR) is 93.3 cm³/mol. The largest absolute Gasteiger partial charge is 0.466 e. The zero-order chi connectivity index (χ0) is 18.0.